The Morgan fingerprint density at radius 2 is 1.69 bits per heavy atom. The molecule has 1 aliphatic rings. The molecule has 0 spiro atoms. The van der Waals surface area contributed by atoms with Gasteiger partial charge in [-0.2, -0.15) is 0 Å². The second-order valence-corrected chi connectivity index (χ2v) is 8.89. The molecule has 1 saturated heterocycles. The average molecular weight is 497 g/mol. The third-order valence-electron chi connectivity index (χ3n) is 6.25. The molecule has 1 heterocycles. The predicted octanol–water partition coefficient (Wildman–Crippen LogP) is 2.27. The van der Waals surface area contributed by atoms with Crippen molar-refractivity contribution in [1.82, 2.24) is 14.7 Å². The summed E-state index contributed by atoms with van der Waals surface area (Å²) in [5, 5.41) is 2.79. The molecule has 0 aromatic heterocycles. The molecule has 3 amide bonds. The van der Waals surface area contributed by atoms with Gasteiger partial charge in [0, 0.05) is 51.4 Å². The second-order valence-electron chi connectivity index (χ2n) is 8.89. The smallest absolute Gasteiger partial charge is 0.243 e. The SMILES string of the molecule is COc1ccc(CCC(=O)N2CCCN(CC(=O)N(C)CC(=O)Nc3cccc(OC)c3)CC2)cc1. The normalized spacial score (nSPS) is 14.0. The summed E-state index contributed by atoms with van der Waals surface area (Å²) in [6.07, 6.45) is 1.95. The lowest BCUT2D eigenvalue weighted by Gasteiger charge is -2.24. The number of hydrogen-bond donors (Lipinski definition) is 1. The minimum Gasteiger partial charge on any atom is -0.497 e. The molecule has 1 aliphatic heterocycles. The first-order valence-electron chi connectivity index (χ1n) is 12.2. The maximum atomic E-state index is 12.8. The van der Waals surface area contributed by atoms with E-state index in [1.54, 1.807) is 45.5 Å². The monoisotopic (exact) mass is 496 g/mol. The fraction of sp³-hybridized carbons (Fsp3) is 0.444. The van der Waals surface area contributed by atoms with Gasteiger partial charge in [-0.05, 0) is 42.7 Å². The third-order valence-corrected chi connectivity index (χ3v) is 6.25. The molecular weight excluding hydrogens is 460 g/mol. The van der Waals surface area contributed by atoms with E-state index in [4.69, 9.17) is 9.47 Å². The summed E-state index contributed by atoms with van der Waals surface area (Å²) < 4.78 is 10.3. The second kappa shape index (κ2) is 13.5. The Balaban J connectivity index is 1.40. The highest BCUT2D eigenvalue weighted by Crippen LogP contribution is 2.17. The number of rotatable bonds is 10. The molecule has 9 nitrogen and oxygen atoms in total. The summed E-state index contributed by atoms with van der Waals surface area (Å²) in [5.41, 5.74) is 1.72. The van der Waals surface area contributed by atoms with Gasteiger partial charge in [-0.3, -0.25) is 19.3 Å². The first-order valence-corrected chi connectivity index (χ1v) is 12.2. The Hall–Kier alpha value is -3.59. The van der Waals surface area contributed by atoms with Crippen molar-refractivity contribution < 1.29 is 23.9 Å². The first kappa shape index (κ1) is 27.0. The number of methoxy groups -OCH3 is 2. The largest absolute Gasteiger partial charge is 0.497 e. The molecule has 2 aromatic carbocycles. The van der Waals surface area contributed by atoms with E-state index < -0.39 is 0 Å². The summed E-state index contributed by atoms with van der Waals surface area (Å²) in [7, 11) is 4.82. The van der Waals surface area contributed by atoms with Crippen molar-refractivity contribution in [3.63, 3.8) is 0 Å². The number of carbonyl (C=O) groups is 3. The van der Waals surface area contributed by atoms with Gasteiger partial charge in [-0.25, -0.2) is 0 Å². The van der Waals surface area contributed by atoms with E-state index in [0.717, 1.165) is 24.3 Å². The van der Waals surface area contributed by atoms with Crippen molar-refractivity contribution in [3.05, 3.63) is 54.1 Å². The van der Waals surface area contributed by atoms with Crippen molar-refractivity contribution in [2.75, 3.05) is 65.9 Å². The fourth-order valence-corrected chi connectivity index (χ4v) is 4.10. The predicted molar refractivity (Wildman–Crippen MR) is 138 cm³/mol. The maximum Gasteiger partial charge on any atom is 0.243 e. The van der Waals surface area contributed by atoms with Crippen LogP contribution < -0.4 is 14.8 Å². The highest BCUT2D eigenvalue weighted by Gasteiger charge is 2.22. The van der Waals surface area contributed by atoms with Crippen LogP contribution in [0.5, 0.6) is 11.5 Å². The van der Waals surface area contributed by atoms with E-state index in [-0.39, 0.29) is 30.8 Å². The van der Waals surface area contributed by atoms with Crippen LogP contribution in [0.2, 0.25) is 0 Å². The number of ether oxygens (including phenoxy) is 2. The molecule has 0 bridgehead atoms. The summed E-state index contributed by atoms with van der Waals surface area (Å²) in [6.45, 7) is 2.82. The van der Waals surface area contributed by atoms with Crippen LogP contribution in [0.1, 0.15) is 18.4 Å². The molecule has 0 radical (unpaired) electrons. The van der Waals surface area contributed by atoms with Gasteiger partial charge in [-0.1, -0.05) is 18.2 Å². The van der Waals surface area contributed by atoms with Crippen LogP contribution in [0.3, 0.4) is 0 Å². The van der Waals surface area contributed by atoms with Crippen molar-refractivity contribution in [3.8, 4) is 11.5 Å². The van der Waals surface area contributed by atoms with Crippen molar-refractivity contribution in [2.45, 2.75) is 19.3 Å². The minimum absolute atomic E-state index is 0.0418. The van der Waals surface area contributed by atoms with Crippen molar-refractivity contribution in [2.24, 2.45) is 0 Å². The van der Waals surface area contributed by atoms with Gasteiger partial charge in [0.15, 0.2) is 0 Å². The van der Waals surface area contributed by atoms with Crippen molar-refractivity contribution in [1.29, 1.82) is 0 Å². The summed E-state index contributed by atoms with van der Waals surface area (Å²) in [5.74, 6) is 1.17. The van der Waals surface area contributed by atoms with Gasteiger partial charge in [0.2, 0.25) is 17.7 Å². The molecule has 0 atom stereocenters. The van der Waals surface area contributed by atoms with E-state index in [1.165, 1.54) is 4.90 Å². The zero-order chi connectivity index (χ0) is 25.9. The Bertz CT molecular complexity index is 1030. The summed E-state index contributed by atoms with van der Waals surface area (Å²) >= 11 is 0. The number of nitrogens with zero attached hydrogens (tertiary/aromatic N) is 3. The van der Waals surface area contributed by atoms with Crippen LogP contribution >= 0.6 is 0 Å². The number of carbonyl (C=O) groups excluding carboxylic acids is 3. The standard InChI is InChI=1S/C27H36N4O5/c1-29(19-25(32)28-22-6-4-7-24(18-22)36-3)27(34)20-30-14-5-15-31(17-16-30)26(33)13-10-21-8-11-23(35-2)12-9-21/h4,6-9,11-12,18H,5,10,13-17,19-20H2,1-3H3,(H,28,32). The molecule has 36 heavy (non-hydrogen) atoms. The van der Waals surface area contributed by atoms with Crippen LogP contribution in [0.4, 0.5) is 5.69 Å². The number of likely N-dealkylation sites (N-methyl/N-ethyl adjacent to an activating group) is 1. The van der Waals surface area contributed by atoms with Crippen LogP contribution in [-0.2, 0) is 20.8 Å². The molecule has 194 valence electrons. The molecule has 1 fully saturated rings. The molecule has 3 rings (SSSR count). The Morgan fingerprint density at radius 1 is 0.944 bits per heavy atom. The topological polar surface area (TPSA) is 91.4 Å². The fourth-order valence-electron chi connectivity index (χ4n) is 4.10. The number of hydrogen-bond acceptors (Lipinski definition) is 6. The zero-order valence-electron chi connectivity index (χ0n) is 21.4. The lowest BCUT2D eigenvalue weighted by Crippen LogP contribution is -2.43. The summed E-state index contributed by atoms with van der Waals surface area (Å²) in [6, 6.07) is 14.8. The first-order chi connectivity index (χ1) is 17.4. The van der Waals surface area contributed by atoms with E-state index in [0.29, 0.717) is 43.9 Å². The number of anilines is 1. The lowest BCUT2D eigenvalue weighted by atomic mass is 10.1. The highest BCUT2D eigenvalue weighted by molar-refractivity contribution is 5.94. The van der Waals surface area contributed by atoms with Crippen LogP contribution in [0.25, 0.3) is 0 Å². The van der Waals surface area contributed by atoms with Gasteiger partial charge in [-0.15, -0.1) is 0 Å². The van der Waals surface area contributed by atoms with E-state index in [1.807, 2.05) is 29.2 Å². The molecule has 2 aromatic rings. The minimum atomic E-state index is -0.274. The van der Waals surface area contributed by atoms with Gasteiger partial charge in [0.05, 0.1) is 27.3 Å². The third kappa shape index (κ3) is 8.27. The van der Waals surface area contributed by atoms with Crippen molar-refractivity contribution >= 4 is 23.4 Å². The lowest BCUT2D eigenvalue weighted by molar-refractivity contribution is -0.134. The Labute approximate surface area is 212 Å². The van der Waals surface area contributed by atoms with Gasteiger partial charge >= 0.3 is 0 Å². The molecule has 1 N–H and O–H groups in total. The summed E-state index contributed by atoms with van der Waals surface area (Å²) in [4.78, 5) is 43.2. The van der Waals surface area contributed by atoms with Gasteiger partial charge < -0.3 is 24.6 Å². The molecule has 0 saturated carbocycles. The average Bonchev–Trinajstić information content (AvgIpc) is 3.13. The number of aryl methyl sites for hydroxylation is 1. The molecule has 0 aliphatic carbocycles. The van der Waals surface area contributed by atoms with Gasteiger partial charge in [0.1, 0.15) is 11.5 Å². The van der Waals surface area contributed by atoms with E-state index in [2.05, 4.69) is 10.2 Å². The Kier molecular flexibility index (Phi) is 10.1. The van der Waals surface area contributed by atoms with Crippen LogP contribution in [0.15, 0.2) is 48.5 Å². The van der Waals surface area contributed by atoms with Gasteiger partial charge in [0.25, 0.3) is 0 Å². The van der Waals surface area contributed by atoms with E-state index >= 15 is 0 Å². The molecule has 0 unspecified atom stereocenters. The number of nitrogens with one attached hydrogen (secondary N) is 1. The molecule has 9 heteroatoms. The van der Waals surface area contributed by atoms with Crippen LogP contribution in [-0.4, -0.2) is 93.0 Å². The van der Waals surface area contributed by atoms with E-state index in [9.17, 15) is 14.4 Å². The van der Waals surface area contributed by atoms with Crippen LogP contribution in [0, 0.1) is 0 Å². The maximum absolute atomic E-state index is 12.8. The molecular formula is C27H36N4O5. The highest BCUT2D eigenvalue weighted by atomic mass is 16.5. The Morgan fingerprint density at radius 3 is 2.42 bits per heavy atom. The number of benzene rings is 2. The number of amides is 3. The zero-order valence-corrected chi connectivity index (χ0v) is 21.4. The quantitative estimate of drug-likeness (QED) is 0.543.